The van der Waals surface area contributed by atoms with Crippen LogP contribution in [0.25, 0.3) is 11.0 Å². The Labute approximate surface area is 123 Å². The van der Waals surface area contributed by atoms with Crippen molar-refractivity contribution in [3.63, 3.8) is 0 Å². The van der Waals surface area contributed by atoms with Gasteiger partial charge in [0.15, 0.2) is 5.65 Å². The van der Waals surface area contributed by atoms with Crippen molar-refractivity contribution < 1.29 is 9.90 Å². The van der Waals surface area contributed by atoms with Gasteiger partial charge in [0.1, 0.15) is 5.56 Å². The number of carboxylic acid groups (broad SMARTS) is 1. The maximum Gasteiger partial charge on any atom is 0.339 e. The molecule has 6 heteroatoms. The molecule has 0 saturated carbocycles. The Morgan fingerprint density at radius 3 is 2.52 bits per heavy atom. The highest BCUT2D eigenvalue weighted by Gasteiger charge is 2.31. The molecule has 0 spiro atoms. The molecule has 0 amide bonds. The van der Waals surface area contributed by atoms with E-state index in [1.165, 1.54) is 6.20 Å². The van der Waals surface area contributed by atoms with Gasteiger partial charge in [-0.05, 0) is 18.8 Å². The topological polar surface area (TPSA) is 71.2 Å². The minimum Gasteiger partial charge on any atom is -0.478 e. The first-order chi connectivity index (χ1) is 9.90. The Morgan fingerprint density at radius 2 is 1.95 bits per heavy atom. The molecule has 0 aliphatic carbocycles. The highest BCUT2D eigenvalue weighted by Crippen LogP contribution is 2.36. The summed E-state index contributed by atoms with van der Waals surface area (Å²) in [4.78, 5) is 18.1. The zero-order chi connectivity index (χ0) is 15.3. The average molecular weight is 288 g/mol. The molecular formula is C15H20N4O2. The lowest BCUT2D eigenvalue weighted by Crippen LogP contribution is -2.23. The van der Waals surface area contributed by atoms with E-state index in [0.717, 1.165) is 35.5 Å². The molecule has 2 unspecified atom stereocenters. The Morgan fingerprint density at radius 1 is 1.33 bits per heavy atom. The summed E-state index contributed by atoms with van der Waals surface area (Å²) in [6.07, 6.45) is 1.45. The average Bonchev–Trinajstić information content (AvgIpc) is 2.90. The molecule has 1 fully saturated rings. The second-order valence-corrected chi connectivity index (χ2v) is 6.09. The number of carboxylic acids is 1. The summed E-state index contributed by atoms with van der Waals surface area (Å²) < 4.78 is 1.71. The molecule has 21 heavy (non-hydrogen) atoms. The van der Waals surface area contributed by atoms with Gasteiger partial charge in [0.05, 0.1) is 16.8 Å². The summed E-state index contributed by atoms with van der Waals surface area (Å²) in [6, 6.07) is 0. The highest BCUT2D eigenvalue weighted by atomic mass is 16.4. The molecule has 1 saturated heterocycles. The third kappa shape index (κ3) is 2.05. The van der Waals surface area contributed by atoms with Crippen molar-refractivity contribution in [1.82, 2.24) is 14.8 Å². The van der Waals surface area contributed by atoms with Crippen LogP contribution in [0.1, 0.15) is 29.9 Å². The molecule has 2 aromatic heterocycles. The third-order valence-corrected chi connectivity index (χ3v) is 4.53. The zero-order valence-corrected chi connectivity index (χ0v) is 12.8. The molecule has 2 atom stereocenters. The maximum absolute atomic E-state index is 11.6. The van der Waals surface area contributed by atoms with E-state index in [0.29, 0.717) is 11.8 Å². The van der Waals surface area contributed by atoms with Crippen LogP contribution in [0.2, 0.25) is 0 Å². The van der Waals surface area contributed by atoms with Crippen molar-refractivity contribution in [1.29, 1.82) is 0 Å². The number of carbonyl (C=O) groups is 1. The SMILES string of the molecule is Cc1nn(C)c2ncc(C(=O)O)c(N3CC(C)C(C)C3)c12. The Kier molecular flexibility index (Phi) is 3.11. The van der Waals surface area contributed by atoms with E-state index in [1.807, 2.05) is 14.0 Å². The van der Waals surface area contributed by atoms with E-state index in [1.54, 1.807) is 4.68 Å². The highest BCUT2D eigenvalue weighted by molar-refractivity contribution is 6.04. The van der Waals surface area contributed by atoms with Gasteiger partial charge >= 0.3 is 5.97 Å². The Balaban J connectivity index is 2.27. The Hall–Kier alpha value is -2.11. The van der Waals surface area contributed by atoms with Crippen molar-refractivity contribution in [2.45, 2.75) is 20.8 Å². The molecule has 112 valence electrons. The quantitative estimate of drug-likeness (QED) is 0.916. The van der Waals surface area contributed by atoms with Crippen molar-refractivity contribution in [2.75, 3.05) is 18.0 Å². The van der Waals surface area contributed by atoms with Crippen LogP contribution < -0.4 is 4.90 Å². The van der Waals surface area contributed by atoms with Crippen LogP contribution in [-0.2, 0) is 7.05 Å². The number of anilines is 1. The summed E-state index contributed by atoms with van der Waals surface area (Å²) in [7, 11) is 1.84. The second kappa shape index (κ2) is 4.72. The van der Waals surface area contributed by atoms with Gasteiger partial charge in [-0.2, -0.15) is 5.10 Å². The maximum atomic E-state index is 11.6. The molecule has 1 N–H and O–H groups in total. The molecule has 2 aromatic rings. The van der Waals surface area contributed by atoms with Gasteiger partial charge in [-0.25, -0.2) is 9.78 Å². The van der Waals surface area contributed by atoms with Crippen LogP contribution in [0.5, 0.6) is 0 Å². The fourth-order valence-electron chi connectivity index (χ4n) is 3.19. The van der Waals surface area contributed by atoms with Crippen molar-refractivity contribution in [3.05, 3.63) is 17.5 Å². The third-order valence-electron chi connectivity index (χ3n) is 4.53. The summed E-state index contributed by atoms with van der Waals surface area (Å²) >= 11 is 0. The summed E-state index contributed by atoms with van der Waals surface area (Å²) in [5.74, 6) is 0.161. The van der Waals surface area contributed by atoms with E-state index in [4.69, 9.17) is 0 Å². The first kappa shape index (κ1) is 13.9. The number of rotatable bonds is 2. The fraction of sp³-hybridized carbons (Fsp3) is 0.533. The van der Waals surface area contributed by atoms with Crippen LogP contribution >= 0.6 is 0 Å². The number of aromatic nitrogens is 3. The van der Waals surface area contributed by atoms with E-state index in [-0.39, 0.29) is 5.56 Å². The van der Waals surface area contributed by atoms with Crippen LogP contribution in [0.15, 0.2) is 6.20 Å². The molecule has 3 rings (SSSR count). The summed E-state index contributed by atoms with van der Waals surface area (Å²) in [5.41, 5.74) is 2.60. The van der Waals surface area contributed by atoms with E-state index in [2.05, 4.69) is 28.8 Å². The number of fused-ring (bicyclic) bond motifs is 1. The predicted octanol–water partition coefficient (Wildman–Crippen LogP) is 2.07. The number of aryl methyl sites for hydroxylation is 2. The molecule has 1 aliphatic heterocycles. The summed E-state index contributed by atoms with van der Waals surface area (Å²) in [6.45, 7) is 8.06. The predicted molar refractivity (Wildman–Crippen MR) is 80.7 cm³/mol. The van der Waals surface area contributed by atoms with Gasteiger partial charge in [-0.15, -0.1) is 0 Å². The fourth-order valence-corrected chi connectivity index (χ4v) is 3.19. The van der Waals surface area contributed by atoms with Gasteiger partial charge < -0.3 is 10.0 Å². The van der Waals surface area contributed by atoms with E-state index in [9.17, 15) is 9.90 Å². The lowest BCUT2D eigenvalue weighted by atomic mass is 10.0. The van der Waals surface area contributed by atoms with Crippen molar-refractivity contribution in [3.8, 4) is 0 Å². The van der Waals surface area contributed by atoms with Crippen molar-refractivity contribution >= 4 is 22.7 Å². The van der Waals surface area contributed by atoms with Crippen LogP contribution in [0.4, 0.5) is 5.69 Å². The zero-order valence-electron chi connectivity index (χ0n) is 12.8. The number of hydrogen-bond acceptors (Lipinski definition) is 4. The van der Waals surface area contributed by atoms with Crippen molar-refractivity contribution in [2.24, 2.45) is 18.9 Å². The number of nitrogens with zero attached hydrogens (tertiary/aromatic N) is 4. The molecule has 1 aliphatic rings. The largest absolute Gasteiger partial charge is 0.478 e. The summed E-state index contributed by atoms with van der Waals surface area (Å²) in [5, 5.41) is 14.8. The minimum atomic E-state index is -0.935. The standard InChI is InChI=1S/C15H20N4O2/c1-8-6-19(7-9(8)2)13-11(15(20)21)5-16-14-12(13)10(3)17-18(14)4/h5,8-9H,6-7H2,1-4H3,(H,20,21). The smallest absolute Gasteiger partial charge is 0.339 e. The Bertz CT molecular complexity index is 712. The molecule has 0 bridgehead atoms. The molecule has 6 nitrogen and oxygen atoms in total. The molecule has 0 aromatic carbocycles. The first-order valence-corrected chi connectivity index (χ1v) is 7.20. The van der Waals surface area contributed by atoms with Gasteiger partial charge in [0.25, 0.3) is 0 Å². The number of aromatic carboxylic acids is 1. The molecule has 0 radical (unpaired) electrons. The monoisotopic (exact) mass is 288 g/mol. The van der Waals surface area contributed by atoms with E-state index < -0.39 is 5.97 Å². The van der Waals surface area contributed by atoms with E-state index >= 15 is 0 Å². The second-order valence-electron chi connectivity index (χ2n) is 6.09. The first-order valence-electron chi connectivity index (χ1n) is 7.20. The molecule has 3 heterocycles. The van der Waals surface area contributed by atoms with Crippen LogP contribution in [0, 0.1) is 18.8 Å². The normalized spacial score (nSPS) is 22.2. The van der Waals surface area contributed by atoms with Gasteiger partial charge in [-0.3, -0.25) is 4.68 Å². The number of hydrogen-bond donors (Lipinski definition) is 1. The van der Waals surface area contributed by atoms with Crippen LogP contribution in [-0.4, -0.2) is 38.9 Å². The lowest BCUT2D eigenvalue weighted by molar-refractivity contribution is 0.0697. The molecular weight excluding hydrogens is 268 g/mol. The minimum absolute atomic E-state index is 0.264. The van der Waals surface area contributed by atoms with Gasteiger partial charge in [0, 0.05) is 26.3 Å². The lowest BCUT2D eigenvalue weighted by Gasteiger charge is -2.21. The number of pyridine rings is 1. The van der Waals surface area contributed by atoms with Crippen LogP contribution in [0.3, 0.4) is 0 Å². The van der Waals surface area contributed by atoms with Gasteiger partial charge in [0.2, 0.25) is 0 Å². The van der Waals surface area contributed by atoms with Gasteiger partial charge in [-0.1, -0.05) is 13.8 Å².